The largest absolute Gasteiger partial charge is 0.361 e. The maximum Gasteiger partial charge on any atom is 0.214 e. The van der Waals surface area contributed by atoms with Crippen LogP contribution >= 0.6 is 0 Å². The molecule has 2 heterocycles. The van der Waals surface area contributed by atoms with Crippen molar-refractivity contribution in [3.63, 3.8) is 0 Å². The average Bonchev–Trinajstić information content (AvgIpc) is 2.93. The molecule has 1 aliphatic rings. The Labute approximate surface area is 149 Å². The summed E-state index contributed by atoms with van der Waals surface area (Å²) in [6.45, 7) is 7.17. The van der Waals surface area contributed by atoms with Gasteiger partial charge in [-0.25, -0.2) is 8.42 Å². The molecule has 3 rings (SSSR count). The Morgan fingerprint density at radius 2 is 1.76 bits per heavy atom. The molecule has 0 radical (unpaired) electrons. The van der Waals surface area contributed by atoms with E-state index in [1.54, 1.807) is 4.31 Å². The summed E-state index contributed by atoms with van der Waals surface area (Å²) in [6, 6.07) is 9.76. The number of aryl methyl sites for hydroxylation is 3. The van der Waals surface area contributed by atoms with Gasteiger partial charge in [0.05, 0.1) is 11.4 Å². The molecule has 0 amide bonds. The van der Waals surface area contributed by atoms with E-state index in [-0.39, 0.29) is 5.75 Å². The lowest BCUT2D eigenvalue weighted by Crippen LogP contribution is -2.49. The highest BCUT2D eigenvalue weighted by Gasteiger charge is 2.27. The summed E-state index contributed by atoms with van der Waals surface area (Å²) in [5, 5.41) is 3.98. The smallest absolute Gasteiger partial charge is 0.214 e. The fourth-order valence-electron chi connectivity index (χ4n) is 3.14. The summed E-state index contributed by atoms with van der Waals surface area (Å²) in [5.41, 5.74) is 3.08. The number of aromatic nitrogens is 1. The summed E-state index contributed by atoms with van der Waals surface area (Å²) >= 11 is 0. The summed E-state index contributed by atoms with van der Waals surface area (Å²) < 4.78 is 32.0. The van der Waals surface area contributed by atoms with Crippen LogP contribution in [0.3, 0.4) is 0 Å². The number of piperazine rings is 1. The molecule has 25 heavy (non-hydrogen) atoms. The van der Waals surface area contributed by atoms with Crippen molar-refractivity contribution in [3.8, 4) is 0 Å². The Balaban J connectivity index is 1.52. The predicted molar refractivity (Wildman–Crippen MR) is 96.8 cm³/mol. The van der Waals surface area contributed by atoms with E-state index in [4.69, 9.17) is 4.52 Å². The summed E-state index contributed by atoms with van der Waals surface area (Å²) in [5.74, 6) is 1.01. The van der Waals surface area contributed by atoms with E-state index in [2.05, 4.69) is 10.1 Å². The Morgan fingerprint density at radius 1 is 1.08 bits per heavy atom. The van der Waals surface area contributed by atoms with Crippen LogP contribution < -0.4 is 0 Å². The lowest BCUT2D eigenvalue weighted by Gasteiger charge is -2.33. The number of benzene rings is 1. The molecule has 1 saturated heterocycles. The van der Waals surface area contributed by atoms with Crippen LogP contribution in [0.5, 0.6) is 0 Å². The van der Waals surface area contributed by atoms with Gasteiger partial charge in [-0.1, -0.05) is 35.5 Å². The minimum Gasteiger partial charge on any atom is -0.361 e. The Bertz CT molecular complexity index is 775. The second kappa shape index (κ2) is 7.68. The number of rotatable bonds is 6. The maximum absolute atomic E-state index is 12.6. The van der Waals surface area contributed by atoms with Crippen molar-refractivity contribution in [1.82, 2.24) is 14.4 Å². The zero-order valence-electron chi connectivity index (χ0n) is 14.8. The van der Waals surface area contributed by atoms with E-state index in [1.807, 2.05) is 44.2 Å². The molecule has 0 atom stereocenters. The molecule has 1 aliphatic heterocycles. The molecule has 6 nitrogen and oxygen atoms in total. The third kappa shape index (κ3) is 4.48. The van der Waals surface area contributed by atoms with E-state index in [1.165, 1.54) is 0 Å². The molecule has 1 aromatic heterocycles. The van der Waals surface area contributed by atoms with Gasteiger partial charge in [0.25, 0.3) is 0 Å². The molecule has 0 aliphatic carbocycles. The molecule has 1 fully saturated rings. The van der Waals surface area contributed by atoms with Crippen molar-refractivity contribution in [2.45, 2.75) is 26.8 Å². The third-order valence-electron chi connectivity index (χ3n) is 4.78. The number of nitrogens with zero attached hydrogens (tertiary/aromatic N) is 3. The van der Waals surface area contributed by atoms with Gasteiger partial charge in [0.1, 0.15) is 5.76 Å². The van der Waals surface area contributed by atoms with Crippen LogP contribution in [0.15, 0.2) is 34.9 Å². The summed E-state index contributed by atoms with van der Waals surface area (Å²) in [4.78, 5) is 2.26. The topological polar surface area (TPSA) is 66.7 Å². The van der Waals surface area contributed by atoms with Crippen molar-refractivity contribution in [3.05, 3.63) is 52.9 Å². The Morgan fingerprint density at radius 3 is 2.36 bits per heavy atom. The molecular formula is C18H25N3O3S. The first-order valence-corrected chi connectivity index (χ1v) is 10.2. The van der Waals surface area contributed by atoms with Crippen LogP contribution in [-0.4, -0.2) is 54.7 Å². The van der Waals surface area contributed by atoms with Gasteiger partial charge >= 0.3 is 0 Å². The van der Waals surface area contributed by atoms with Crippen LogP contribution in [0.4, 0.5) is 0 Å². The van der Waals surface area contributed by atoms with E-state index in [0.29, 0.717) is 19.5 Å². The predicted octanol–water partition coefficient (Wildman–Crippen LogP) is 1.98. The molecule has 2 aromatic rings. The minimum atomic E-state index is -3.21. The van der Waals surface area contributed by atoms with Crippen LogP contribution in [0.25, 0.3) is 0 Å². The van der Waals surface area contributed by atoms with Gasteiger partial charge < -0.3 is 4.52 Å². The Kier molecular flexibility index (Phi) is 5.56. The van der Waals surface area contributed by atoms with Gasteiger partial charge in [-0.15, -0.1) is 0 Å². The SMILES string of the molecule is Cc1noc(C)c1CN1CCN(S(=O)(=O)CCc2ccccc2)CC1. The molecule has 0 unspecified atom stereocenters. The zero-order chi connectivity index (χ0) is 17.9. The fourth-order valence-corrected chi connectivity index (χ4v) is 4.61. The molecule has 0 spiro atoms. The maximum atomic E-state index is 12.6. The standard InChI is InChI=1S/C18H25N3O3S/c1-15-18(16(2)24-19-15)14-20-9-11-21(12-10-20)25(22,23)13-8-17-6-4-3-5-7-17/h3-7H,8-14H2,1-2H3. The summed E-state index contributed by atoms with van der Waals surface area (Å²) in [6.07, 6.45) is 0.558. The van der Waals surface area contributed by atoms with Crippen LogP contribution in [0.1, 0.15) is 22.6 Å². The first-order valence-electron chi connectivity index (χ1n) is 8.61. The molecule has 7 heteroatoms. The average molecular weight is 363 g/mol. The zero-order valence-corrected chi connectivity index (χ0v) is 15.6. The number of sulfonamides is 1. The second-order valence-electron chi connectivity index (χ2n) is 6.53. The molecule has 0 bridgehead atoms. The number of hydrogen-bond donors (Lipinski definition) is 0. The van der Waals surface area contributed by atoms with Crippen LogP contribution in [0.2, 0.25) is 0 Å². The quantitative estimate of drug-likeness (QED) is 0.785. The normalized spacial score (nSPS) is 17.0. The fraction of sp³-hybridized carbons (Fsp3) is 0.500. The van der Waals surface area contributed by atoms with E-state index < -0.39 is 10.0 Å². The van der Waals surface area contributed by atoms with Gasteiger partial charge in [-0.2, -0.15) is 4.31 Å². The highest BCUT2D eigenvalue weighted by Crippen LogP contribution is 2.17. The van der Waals surface area contributed by atoms with Crippen molar-refractivity contribution < 1.29 is 12.9 Å². The van der Waals surface area contributed by atoms with E-state index in [9.17, 15) is 8.42 Å². The summed E-state index contributed by atoms with van der Waals surface area (Å²) in [7, 11) is -3.21. The van der Waals surface area contributed by atoms with Crippen molar-refractivity contribution in [1.29, 1.82) is 0 Å². The lowest BCUT2D eigenvalue weighted by molar-refractivity contribution is 0.180. The van der Waals surface area contributed by atoms with Gasteiger partial charge in [0.15, 0.2) is 0 Å². The first kappa shape index (κ1) is 18.1. The first-order chi connectivity index (χ1) is 12.0. The monoisotopic (exact) mass is 363 g/mol. The van der Waals surface area contributed by atoms with Gasteiger partial charge in [0.2, 0.25) is 10.0 Å². The lowest BCUT2D eigenvalue weighted by atomic mass is 10.2. The Hall–Kier alpha value is -1.70. The molecular weight excluding hydrogens is 338 g/mol. The molecule has 0 N–H and O–H groups in total. The second-order valence-corrected chi connectivity index (χ2v) is 8.62. The van der Waals surface area contributed by atoms with Crippen LogP contribution in [-0.2, 0) is 23.0 Å². The van der Waals surface area contributed by atoms with E-state index >= 15 is 0 Å². The van der Waals surface area contributed by atoms with Crippen molar-refractivity contribution in [2.75, 3.05) is 31.9 Å². The van der Waals surface area contributed by atoms with Gasteiger partial charge in [0, 0.05) is 38.3 Å². The molecule has 1 aromatic carbocycles. The van der Waals surface area contributed by atoms with E-state index in [0.717, 1.165) is 42.2 Å². The van der Waals surface area contributed by atoms with Gasteiger partial charge in [-0.3, -0.25) is 4.90 Å². The van der Waals surface area contributed by atoms with Gasteiger partial charge in [-0.05, 0) is 25.8 Å². The molecule has 136 valence electrons. The van der Waals surface area contributed by atoms with Crippen molar-refractivity contribution >= 4 is 10.0 Å². The molecule has 0 saturated carbocycles. The highest BCUT2D eigenvalue weighted by atomic mass is 32.2. The van der Waals surface area contributed by atoms with Crippen molar-refractivity contribution in [2.24, 2.45) is 0 Å². The minimum absolute atomic E-state index is 0.168. The number of hydrogen-bond acceptors (Lipinski definition) is 5. The van der Waals surface area contributed by atoms with Crippen LogP contribution in [0, 0.1) is 13.8 Å². The highest BCUT2D eigenvalue weighted by molar-refractivity contribution is 7.89. The third-order valence-corrected chi connectivity index (χ3v) is 6.65.